The molecule has 306 valence electrons. The molecule has 4 aromatic carbocycles. The molecule has 0 saturated heterocycles. The third kappa shape index (κ3) is 6.33. The minimum Gasteiger partial charge on any atom is -0.405 e. The van der Waals surface area contributed by atoms with Gasteiger partial charge in [0.15, 0.2) is 9.49 Å². The van der Waals surface area contributed by atoms with Crippen molar-refractivity contribution in [1.29, 1.82) is 10.8 Å². The molecule has 10 N–H and O–H groups in total. The summed E-state index contributed by atoms with van der Waals surface area (Å²) in [5, 5.41) is 46.2. The molecule has 4 atom stereocenters. The van der Waals surface area contributed by atoms with E-state index in [0.717, 1.165) is 36.4 Å². The first-order valence-electron chi connectivity index (χ1n) is 15.9. The Balaban J connectivity index is 1.68. The second kappa shape index (κ2) is 13.9. The van der Waals surface area contributed by atoms with E-state index in [0.29, 0.717) is 24.3 Å². The van der Waals surface area contributed by atoms with Crippen molar-refractivity contribution in [3.05, 3.63) is 118 Å². The van der Waals surface area contributed by atoms with E-state index in [-0.39, 0.29) is 11.1 Å². The molecule has 0 amide bonds. The lowest BCUT2D eigenvalue weighted by Crippen LogP contribution is -2.57. The fourth-order valence-electron chi connectivity index (χ4n) is 7.41. The predicted octanol–water partition coefficient (Wildman–Crippen LogP) is 3.53. The van der Waals surface area contributed by atoms with E-state index in [4.69, 9.17) is 22.5 Å². The summed E-state index contributed by atoms with van der Waals surface area (Å²) >= 11 is 0. The fraction of sp³-hybridized carbons (Fsp3) is 0.176. The standard InChI is InChI=1S/C34H26F6N6O10S2/c35-33(36,37)55-23-13-15(9-11-21(23)31(57(49,50)51)19-7-3-1-5-17(19)25(41)27(45-43)29(31)47)16-10-12-22(24(14-16)56-34(38,39)40)32(58(52,53)54)20-8-4-2-6-18(20)26(42)28(46-44)30(32)48/h1-14,29-30,41-42,47-48H,43-44H2,(H,49,50,51)(H,52,53,54)/b41-25?,42-26?,45-27-,46-28+. The molecule has 0 fully saturated rings. The van der Waals surface area contributed by atoms with Gasteiger partial charge in [0.25, 0.3) is 20.2 Å². The first kappa shape index (κ1) is 41.7. The number of alkyl halides is 6. The van der Waals surface area contributed by atoms with E-state index in [2.05, 4.69) is 19.7 Å². The maximum atomic E-state index is 14.1. The molecule has 0 aliphatic heterocycles. The Kier molecular flexibility index (Phi) is 9.98. The van der Waals surface area contributed by atoms with Gasteiger partial charge in [-0.2, -0.15) is 27.0 Å². The SMILES string of the molecule is N=C1/C(=N/N)C(O)C(c2ccc(-c3ccc(C4(S(=O)(=O)O)c5ccccc5C(=N)/C(=N\N)C4O)c(OC(F)(F)F)c3)cc2OC(F)(F)F)(S(=O)(=O)O)c2ccccc21. The van der Waals surface area contributed by atoms with E-state index in [1.807, 2.05) is 0 Å². The largest absolute Gasteiger partial charge is 0.573 e. The Bertz CT molecular complexity index is 2510. The number of rotatable bonds is 7. The quantitative estimate of drug-likeness (QED) is 0.0574. The molecule has 2 aliphatic carbocycles. The van der Waals surface area contributed by atoms with Crippen molar-refractivity contribution in [2.45, 2.75) is 34.4 Å². The minimum atomic E-state index is -5.84. The van der Waals surface area contributed by atoms with Gasteiger partial charge in [-0.3, -0.25) is 19.9 Å². The van der Waals surface area contributed by atoms with Gasteiger partial charge in [0.1, 0.15) is 35.1 Å². The van der Waals surface area contributed by atoms with Crippen LogP contribution >= 0.6 is 0 Å². The number of nitrogens with one attached hydrogen (secondary N) is 2. The molecule has 16 nitrogen and oxygen atoms in total. The number of hydrogen-bond donors (Lipinski definition) is 8. The van der Waals surface area contributed by atoms with Crippen molar-refractivity contribution in [3.8, 4) is 22.6 Å². The maximum Gasteiger partial charge on any atom is 0.573 e. The van der Waals surface area contributed by atoms with Crippen LogP contribution in [0.5, 0.6) is 11.5 Å². The van der Waals surface area contributed by atoms with Crippen LogP contribution in [0.1, 0.15) is 33.4 Å². The Morgan fingerprint density at radius 1 is 0.586 bits per heavy atom. The number of hydrazone groups is 2. The van der Waals surface area contributed by atoms with Gasteiger partial charge < -0.3 is 31.4 Å². The van der Waals surface area contributed by atoms with E-state index in [9.17, 15) is 62.5 Å². The van der Waals surface area contributed by atoms with Gasteiger partial charge in [-0.1, -0.05) is 72.8 Å². The van der Waals surface area contributed by atoms with Crippen molar-refractivity contribution < 1.29 is 72.0 Å². The average molecular weight is 857 g/mol. The summed E-state index contributed by atoms with van der Waals surface area (Å²) in [6, 6.07) is 13.0. The molecular formula is C34H26F6N6O10S2. The predicted molar refractivity (Wildman–Crippen MR) is 192 cm³/mol. The van der Waals surface area contributed by atoms with Crippen LogP contribution in [0.3, 0.4) is 0 Å². The summed E-state index contributed by atoms with van der Waals surface area (Å²) in [5.41, 5.74) is -8.32. The molecule has 2 aliphatic rings. The normalized spacial score (nSPS) is 24.0. The Hall–Kier alpha value is -5.92. The zero-order valence-corrected chi connectivity index (χ0v) is 30.2. The van der Waals surface area contributed by atoms with Crippen molar-refractivity contribution >= 4 is 43.1 Å². The van der Waals surface area contributed by atoms with Crippen molar-refractivity contribution in [1.82, 2.24) is 0 Å². The molecule has 0 bridgehead atoms. The van der Waals surface area contributed by atoms with E-state index in [1.54, 1.807) is 0 Å². The number of fused-ring (bicyclic) bond motifs is 2. The summed E-state index contributed by atoms with van der Waals surface area (Å²) in [6.45, 7) is 0. The molecule has 0 heterocycles. The van der Waals surface area contributed by atoms with Gasteiger partial charge in [-0.25, -0.2) is 0 Å². The highest BCUT2D eigenvalue weighted by molar-refractivity contribution is 7.87. The van der Waals surface area contributed by atoms with Crippen molar-refractivity contribution in [2.75, 3.05) is 0 Å². The van der Waals surface area contributed by atoms with Crippen molar-refractivity contribution in [3.63, 3.8) is 0 Å². The van der Waals surface area contributed by atoms with Crippen LogP contribution in [-0.4, -0.2) is 83.9 Å². The number of aliphatic hydroxyl groups excluding tert-OH is 2. The molecule has 0 aromatic heterocycles. The molecular weight excluding hydrogens is 831 g/mol. The van der Waals surface area contributed by atoms with Gasteiger partial charge in [-0.05, 0) is 34.4 Å². The molecule has 0 saturated carbocycles. The first-order valence-corrected chi connectivity index (χ1v) is 18.8. The summed E-state index contributed by atoms with van der Waals surface area (Å²) in [6.07, 6.45) is -16.7. The van der Waals surface area contributed by atoms with Gasteiger partial charge in [0, 0.05) is 22.3 Å². The van der Waals surface area contributed by atoms with Crippen LogP contribution in [0, 0.1) is 10.8 Å². The Morgan fingerprint density at radius 2 is 0.914 bits per heavy atom. The zero-order chi connectivity index (χ0) is 43.0. The number of hydrogen-bond acceptors (Lipinski definition) is 14. The summed E-state index contributed by atoms with van der Waals surface area (Å²) in [4.78, 5) is 0. The third-order valence-corrected chi connectivity index (χ3v) is 12.6. The van der Waals surface area contributed by atoms with Crippen LogP contribution in [-0.2, 0) is 29.7 Å². The number of ether oxygens (including phenoxy) is 2. The van der Waals surface area contributed by atoms with Crippen LogP contribution in [0.2, 0.25) is 0 Å². The molecule has 0 spiro atoms. The minimum absolute atomic E-state index is 0.349. The maximum absolute atomic E-state index is 14.1. The van der Waals surface area contributed by atoms with Crippen LogP contribution in [0.4, 0.5) is 26.3 Å². The monoisotopic (exact) mass is 856 g/mol. The van der Waals surface area contributed by atoms with E-state index in [1.165, 1.54) is 24.3 Å². The Morgan fingerprint density at radius 3 is 1.21 bits per heavy atom. The van der Waals surface area contributed by atoms with Gasteiger partial charge in [0.05, 0.1) is 11.4 Å². The molecule has 4 unspecified atom stereocenters. The number of nitrogens with two attached hydrogens (primary N) is 2. The Labute approximate surface area is 322 Å². The summed E-state index contributed by atoms with van der Waals surface area (Å²) in [7, 11) is -11.7. The summed E-state index contributed by atoms with van der Waals surface area (Å²) in [5.74, 6) is 7.79. The number of aliphatic hydroxyl groups is 2. The number of nitrogens with zero attached hydrogens (tertiary/aromatic N) is 2. The van der Waals surface area contributed by atoms with Crippen LogP contribution < -0.4 is 21.2 Å². The smallest absolute Gasteiger partial charge is 0.405 e. The molecule has 0 radical (unpaired) electrons. The number of halogens is 6. The topological polar surface area (TPSA) is 292 Å². The third-order valence-electron chi connectivity index (χ3n) is 9.63. The van der Waals surface area contributed by atoms with Crippen molar-refractivity contribution in [2.24, 2.45) is 21.9 Å². The van der Waals surface area contributed by atoms with E-state index < -0.39 is 122 Å². The highest BCUT2D eigenvalue weighted by Gasteiger charge is 2.62. The van der Waals surface area contributed by atoms with Crippen LogP contribution in [0.25, 0.3) is 11.1 Å². The molecule has 6 rings (SSSR count). The van der Waals surface area contributed by atoms with Gasteiger partial charge in [0.2, 0.25) is 0 Å². The molecule has 58 heavy (non-hydrogen) atoms. The lowest BCUT2D eigenvalue weighted by Gasteiger charge is -2.42. The highest BCUT2D eigenvalue weighted by atomic mass is 32.2. The molecule has 24 heteroatoms. The molecule has 4 aromatic rings. The van der Waals surface area contributed by atoms with Gasteiger partial charge >= 0.3 is 12.7 Å². The first-order chi connectivity index (χ1) is 26.9. The fourth-order valence-corrected chi connectivity index (χ4v) is 10.0. The lowest BCUT2D eigenvalue weighted by atomic mass is 9.73. The summed E-state index contributed by atoms with van der Waals surface area (Å²) < 4.78 is 162. The zero-order valence-electron chi connectivity index (χ0n) is 28.6. The van der Waals surface area contributed by atoms with Crippen LogP contribution in [0.15, 0.2) is 95.1 Å². The second-order valence-corrected chi connectivity index (χ2v) is 15.8. The second-order valence-electron chi connectivity index (χ2n) is 12.6. The average Bonchev–Trinajstić information content (AvgIpc) is 3.11. The van der Waals surface area contributed by atoms with Gasteiger partial charge in [-0.15, -0.1) is 26.3 Å². The highest BCUT2D eigenvalue weighted by Crippen LogP contribution is 2.53. The lowest BCUT2D eigenvalue weighted by molar-refractivity contribution is -0.276. The number of benzene rings is 4. The van der Waals surface area contributed by atoms with E-state index >= 15 is 0 Å².